The number of hydrogen-bond acceptors (Lipinski definition) is 2. The summed E-state index contributed by atoms with van der Waals surface area (Å²) in [7, 11) is 0. The van der Waals surface area contributed by atoms with Gasteiger partial charge in [-0.15, -0.1) is 0 Å². The highest BCUT2D eigenvalue weighted by Gasteiger charge is 2.01. The van der Waals surface area contributed by atoms with E-state index in [1.54, 1.807) is 24.3 Å². The Morgan fingerprint density at radius 2 is 1.82 bits per heavy atom. The second-order valence-electron chi connectivity index (χ2n) is 3.61. The Hall–Kier alpha value is -1.55. The van der Waals surface area contributed by atoms with Crippen molar-refractivity contribution in [2.24, 2.45) is 0 Å². The summed E-state index contributed by atoms with van der Waals surface area (Å²) in [5.41, 5.74) is 7.27. The van der Waals surface area contributed by atoms with Gasteiger partial charge in [-0.3, -0.25) is 0 Å². The lowest BCUT2D eigenvalue weighted by Gasteiger charge is -2.07. The molecule has 0 spiro atoms. The van der Waals surface area contributed by atoms with Crippen LogP contribution in [-0.4, -0.2) is 0 Å². The van der Waals surface area contributed by atoms with Gasteiger partial charge in [-0.25, -0.2) is 4.39 Å². The average Bonchev–Trinajstić information content (AvgIpc) is 2.33. The van der Waals surface area contributed by atoms with Gasteiger partial charge in [0.15, 0.2) is 0 Å². The lowest BCUT2D eigenvalue weighted by molar-refractivity contribution is 0.304. The fourth-order valence-electron chi connectivity index (χ4n) is 1.35. The van der Waals surface area contributed by atoms with E-state index in [-0.39, 0.29) is 5.82 Å². The predicted octanol–water partition coefficient (Wildman–Crippen LogP) is 3.75. The SMILES string of the molecule is Nc1ccc(COc2ccc(Br)c(F)c2)cc1. The molecule has 2 N–H and O–H groups in total. The van der Waals surface area contributed by atoms with Crippen molar-refractivity contribution in [3.8, 4) is 5.75 Å². The first-order valence-electron chi connectivity index (χ1n) is 5.07. The first-order chi connectivity index (χ1) is 8.15. The number of halogens is 2. The fraction of sp³-hybridized carbons (Fsp3) is 0.0769. The number of benzene rings is 2. The normalized spacial score (nSPS) is 10.2. The maximum Gasteiger partial charge on any atom is 0.141 e. The second kappa shape index (κ2) is 5.19. The standard InChI is InChI=1S/C13H11BrFNO/c14-12-6-5-11(7-13(12)15)17-8-9-1-3-10(16)4-2-9/h1-7H,8,16H2. The lowest BCUT2D eigenvalue weighted by atomic mass is 10.2. The van der Waals surface area contributed by atoms with Crippen molar-refractivity contribution in [3.05, 3.63) is 58.3 Å². The maximum absolute atomic E-state index is 13.2. The van der Waals surface area contributed by atoms with E-state index in [9.17, 15) is 4.39 Å². The Labute approximate surface area is 107 Å². The molecule has 4 heteroatoms. The van der Waals surface area contributed by atoms with Gasteiger partial charge < -0.3 is 10.5 Å². The summed E-state index contributed by atoms with van der Waals surface area (Å²) in [6, 6.07) is 12.1. The van der Waals surface area contributed by atoms with Gasteiger partial charge in [-0.1, -0.05) is 12.1 Å². The molecule has 0 aromatic heterocycles. The monoisotopic (exact) mass is 295 g/mol. The smallest absolute Gasteiger partial charge is 0.141 e. The maximum atomic E-state index is 13.2. The largest absolute Gasteiger partial charge is 0.489 e. The van der Waals surface area contributed by atoms with E-state index >= 15 is 0 Å². The molecule has 17 heavy (non-hydrogen) atoms. The summed E-state index contributed by atoms with van der Waals surface area (Å²) in [5.74, 6) is 0.169. The zero-order valence-corrected chi connectivity index (χ0v) is 10.6. The quantitative estimate of drug-likeness (QED) is 0.875. The second-order valence-corrected chi connectivity index (χ2v) is 4.46. The lowest BCUT2D eigenvalue weighted by Crippen LogP contribution is -1.96. The highest BCUT2D eigenvalue weighted by atomic mass is 79.9. The summed E-state index contributed by atoms with van der Waals surface area (Å²) >= 11 is 3.09. The number of nitrogens with two attached hydrogens (primary N) is 1. The molecule has 0 aliphatic carbocycles. The Morgan fingerprint density at radius 1 is 1.12 bits per heavy atom. The van der Waals surface area contributed by atoms with E-state index in [0.29, 0.717) is 22.5 Å². The van der Waals surface area contributed by atoms with Crippen molar-refractivity contribution in [1.82, 2.24) is 0 Å². The molecule has 0 amide bonds. The van der Waals surface area contributed by atoms with E-state index in [2.05, 4.69) is 15.9 Å². The van der Waals surface area contributed by atoms with Crippen LogP contribution in [0.15, 0.2) is 46.9 Å². The van der Waals surface area contributed by atoms with Crippen LogP contribution in [0, 0.1) is 5.82 Å². The van der Waals surface area contributed by atoms with E-state index in [4.69, 9.17) is 10.5 Å². The summed E-state index contributed by atoms with van der Waals surface area (Å²) in [4.78, 5) is 0. The van der Waals surface area contributed by atoms with Gasteiger partial charge in [-0.2, -0.15) is 0 Å². The minimum Gasteiger partial charge on any atom is -0.489 e. The topological polar surface area (TPSA) is 35.2 Å². The van der Waals surface area contributed by atoms with Gasteiger partial charge in [0.25, 0.3) is 0 Å². The Balaban J connectivity index is 2.02. The van der Waals surface area contributed by atoms with Gasteiger partial charge in [0.1, 0.15) is 18.2 Å². The first-order valence-corrected chi connectivity index (χ1v) is 5.87. The van der Waals surface area contributed by atoms with Gasteiger partial charge in [0.2, 0.25) is 0 Å². The summed E-state index contributed by atoms with van der Waals surface area (Å²) < 4.78 is 19.1. The number of hydrogen-bond donors (Lipinski definition) is 1. The van der Waals surface area contributed by atoms with Crippen molar-refractivity contribution in [3.63, 3.8) is 0 Å². The molecule has 2 rings (SSSR count). The van der Waals surface area contributed by atoms with Crippen LogP contribution < -0.4 is 10.5 Å². The van der Waals surface area contributed by atoms with E-state index < -0.39 is 0 Å². The zero-order valence-electron chi connectivity index (χ0n) is 8.99. The van der Waals surface area contributed by atoms with Crippen molar-refractivity contribution in [2.45, 2.75) is 6.61 Å². The molecule has 2 aromatic rings. The molecule has 0 bridgehead atoms. The first kappa shape index (κ1) is 11.9. The van der Waals surface area contributed by atoms with Gasteiger partial charge in [-0.05, 0) is 45.8 Å². The fourth-order valence-corrected chi connectivity index (χ4v) is 1.59. The molecule has 0 atom stereocenters. The Kier molecular flexibility index (Phi) is 3.64. The molecular formula is C13H11BrFNO. The molecular weight excluding hydrogens is 285 g/mol. The molecule has 0 unspecified atom stereocenters. The third-order valence-electron chi connectivity index (χ3n) is 2.28. The molecule has 0 saturated heterocycles. The van der Waals surface area contributed by atoms with Crippen molar-refractivity contribution in [2.75, 3.05) is 5.73 Å². The van der Waals surface area contributed by atoms with Crippen molar-refractivity contribution >= 4 is 21.6 Å². The van der Waals surface area contributed by atoms with Crippen LogP contribution in [0.5, 0.6) is 5.75 Å². The van der Waals surface area contributed by atoms with Crippen LogP contribution in [-0.2, 0) is 6.61 Å². The highest BCUT2D eigenvalue weighted by molar-refractivity contribution is 9.10. The van der Waals surface area contributed by atoms with E-state index in [1.807, 2.05) is 12.1 Å². The molecule has 0 aliphatic heterocycles. The third-order valence-corrected chi connectivity index (χ3v) is 2.92. The van der Waals surface area contributed by atoms with Gasteiger partial charge in [0, 0.05) is 11.8 Å². The van der Waals surface area contributed by atoms with Gasteiger partial charge in [0.05, 0.1) is 4.47 Å². The van der Waals surface area contributed by atoms with Crippen LogP contribution in [0.3, 0.4) is 0 Å². The molecule has 0 aliphatic rings. The molecule has 0 fully saturated rings. The zero-order chi connectivity index (χ0) is 12.3. The Morgan fingerprint density at radius 3 is 2.47 bits per heavy atom. The van der Waals surface area contributed by atoms with Crippen molar-refractivity contribution in [1.29, 1.82) is 0 Å². The van der Waals surface area contributed by atoms with Crippen LogP contribution in [0.1, 0.15) is 5.56 Å². The summed E-state index contributed by atoms with van der Waals surface area (Å²) in [5, 5.41) is 0. The minimum absolute atomic E-state index is 0.334. The minimum atomic E-state index is -0.334. The molecule has 88 valence electrons. The Bertz CT molecular complexity index is 513. The van der Waals surface area contributed by atoms with Crippen LogP contribution in [0.25, 0.3) is 0 Å². The van der Waals surface area contributed by atoms with Crippen molar-refractivity contribution < 1.29 is 9.13 Å². The summed E-state index contributed by atoms with van der Waals surface area (Å²) in [6.45, 7) is 0.390. The summed E-state index contributed by atoms with van der Waals surface area (Å²) in [6.07, 6.45) is 0. The number of rotatable bonds is 3. The average molecular weight is 296 g/mol. The van der Waals surface area contributed by atoms with Crippen LogP contribution >= 0.6 is 15.9 Å². The molecule has 0 heterocycles. The van der Waals surface area contributed by atoms with E-state index in [0.717, 1.165) is 5.56 Å². The van der Waals surface area contributed by atoms with Gasteiger partial charge >= 0.3 is 0 Å². The number of nitrogen functional groups attached to an aromatic ring is 1. The predicted molar refractivity (Wildman–Crippen MR) is 69.3 cm³/mol. The van der Waals surface area contributed by atoms with Crippen LogP contribution in [0.4, 0.5) is 10.1 Å². The third kappa shape index (κ3) is 3.20. The highest BCUT2D eigenvalue weighted by Crippen LogP contribution is 2.21. The van der Waals surface area contributed by atoms with E-state index in [1.165, 1.54) is 6.07 Å². The van der Waals surface area contributed by atoms with Crippen LogP contribution in [0.2, 0.25) is 0 Å². The molecule has 0 saturated carbocycles. The molecule has 2 aromatic carbocycles. The molecule has 2 nitrogen and oxygen atoms in total. The number of ether oxygens (including phenoxy) is 1. The molecule has 0 radical (unpaired) electrons. The number of anilines is 1.